The van der Waals surface area contributed by atoms with Crippen molar-refractivity contribution in [3.05, 3.63) is 127 Å². The Kier molecular flexibility index (Phi) is 15.6. The average molecular weight is 868 g/mol. The molecule has 10 rings (SSSR count). The largest absolute Gasteiger partial charge is 0.378 e. The van der Waals surface area contributed by atoms with Crippen molar-refractivity contribution in [1.82, 2.24) is 24.9 Å². The van der Waals surface area contributed by atoms with E-state index >= 15 is 0 Å². The summed E-state index contributed by atoms with van der Waals surface area (Å²) in [5, 5.41) is 5.97. The highest BCUT2D eigenvalue weighted by atomic mass is 19.1. The quantitative estimate of drug-likeness (QED) is 0.143. The van der Waals surface area contributed by atoms with Gasteiger partial charge in [0.2, 0.25) is 11.9 Å². The average Bonchev–Trinajstić information content (AvgIpc) is 3.37. The molecule has 336 valence electrons. The van der Waals surface area contributed by atoms with Crippen LogP contribution in [0.1, 0.15) is 45.1 Å². The van der Waals surface area contributed by atoms with Gasteiger partial charge in [-0.1, -0.05) is 56.3 Å². The molecule has 0 spiro atoms. The van der Waals surface area contributed by atoms with Gasteiger partial charge in [0.15, 0.2) is 0 Å². The van der Waals surface area contributed by atoms with Crippen LogP contribution in [0.2, 0.25) is 0 Å². The van der Waals surface area contributed by atoms with Gasteiger partial charge >= 0.3 is 0 Å². The molecule has 14 heteroatoms. The summed E-state index contributed by atoms with van der Waals surface area (Å²) in [6.07, 6.45) is 11.8. The lowest BCUT2D eigenvalue weighted by molar-refractivity contribution is 0.122. The Labute approximate surface area is 377 Å². The maximum absolute atomic E-state index is 13.9. The second-order valence-corrected chi connectivity index (χ2v) is 16.3. The van der Waals surface area contributed by atoms with E-state index in [1.54, 1.807) is 12.1 Å². The third kappa shape index (κ3) is 11.7. The summed E-state index contributed by atoms with van der Waals surface area (Å²) in [6.45, 7) is 14.9. The molecule has 0 amide bonds. The first-order chi connectivity index (χ1) is 31.6. The Balaban J connectivity index is 0.000000170. The molecule has 2 atom stereocenters. The second kappa shape index (κ2) is 22.5. The topological polar surface area (TPSA) is 111 Å². The van der Waals surface area contributed by atoms with Crippen LogP contribution in [0.15, 0.2) is 116 Å². The minimum Gasteiger partial charge on any atom is -0.378 e. The van der Waals surface area contributed by atoms with E-state index in [1.165, 1.54) is 28.1 Å². The van der Waals surface area contributed by atoms with Crippen molar-refractivity contribution >= 4 is 45.7 Å². The molecule has 1 N–H and O–H groups in total. The maximum Gasteiger partial charge on any atom is 0.227 e. The number of halogens is 1. The van der Waals surface area contributed by atoms with Gasteiger partial charge in [0.25, 0.3) is 0 Å². The maximum atomic E-state index is 13.9. The molecule has 0 radical (unpaired) electrons. The summed E-state index contributed by atoms with van der Waals surface area (Å²) < 4.78 is 24.8. The molecule has 3 aromatic carbocycles. The van der Waals surface area contributed by atoms with Gasteiger partial charge in [-0.05, 0) is 85.2 Å². The van der Waals surface area contributed by atoms with E-state index in [1.807, 2.05) is 62.9 Å². The molecule has 2 unspecified atom stereocenters. The monoisotopic (exact) mass is 868 g/mol. The van der Waals surface area contributed by atoms with E-state index in [9.17, 15) is 4.39 Å². The van der Waals surface area contributed by atoms with Crippen LogP contribution in [0.25, 0.3) is 10.8 Å². The van der Waals surface area contributed by atoms with Crippen molar-refractivity contribution in [2.24, 2.45) is 0 Å². The predicted octanol–water partition coefficient (Wildman–Crippen LogP) is 8.10. The van der Waals surface area contributed by atoms with E-state index in [2.05, 4.69) is 88.3 Å². The smallest absolute Gasteiger partial charge is 0.227 e. The van der Waals surface area contributed by atoms with Crippen molar-refractivity contribution in [2.45, 2.75) is 58.2 Å². The van der Waals surface area contributed by atoms with Crippen LogP contribution in [0, 0.1) is 5.82 Å². The van der Waals surface area contributed by atoms with E-state index in [4.69, 9.17) is 24.4 Å². The fourth-order valence-corrected chi connectivity index (χ4v) is 8.87. The van der Waals surface area contributed by atoms with Gasteiger partial charge in [0.05, 0.1) is 26.4 Å². The minimum atomic E-state index is -0.197. The van der Waals surface area contributed by atoms with Crippen LogP contribution in [0.5, 0.6) is 0 Å². The molecule has 4 fully saturated rings. The van der Waals surface area contributed by atoms with Crippen molar-refractivity contribution in [2.75, 3.05) is 109 Å². The lowest BCUT2D eigenvalue weighted by Crippen LogP contribution is -2.48. The van der Waals surface area contributed by atoms with E-state index in [0.29, 0.717) is 12.0 Å². The summed E-state index contributed by atoms with van der Waals surface area (Å²) in [5.41, 5.74) is 3.42. The Bertz CT molecular complexity index is 2350. The third-order valence-electron chi connectivity index (χ3n) is 12.1. The summed E-state index contributed by atoms with van der Waals surface area (Å²) >= 11 is 0. The number of hydrogen-bond acceptors (Lipinski definition) is 13. The fraction of sp³-hybridized carbons (Fsp3) is 0.420. The number of hydrogen-bond donors (Lipinski definition) is 1. The Hall–Kier alpha value is -6.12. The molecule has 3 aromatic heterocycles. The number of nitrogens with zero attached hydrogens (tertiary/aromatic N) is 10. The lowest BCUT2D eigenvalue weighted by Gasteiger charge is -2.40. The molecule has 4 saturated heterocycles. The SMILES string of the molecule is CC.Fc1cccc(N2CCCC(N(Cc3ccccc3)c3nccc(N4CCOCC4)n3)C2)c1.c1cc2cc(N3CCCC(Nc4nccc(N5CCOCC5)n4)C3)ccc2cn1. The van der Waals surface area contributed by atoms with E-state index in [-0.39, 0.29) is 11.9 Å². The van der Waals surface area contributed by atoms with Crippen molar-refractivity contribution in [3.63, 3.8) is 0 Å². The molecule has 4 aliphatic heterocycles. The Morgan fingerprint density at radius 2 is 1.33 bits per heavy atom. The van der Waals surface area contributed by atoms with Gasteiger partial charge in [-0.15, -0.1) is 0 Å². The number of ether oxygens (including phenoxy) is 2. The van der Waals surface area contributed by atoms with Crippen LogP contribution >= 0.6 is 0 Å². The third-order valence-corrected chi connectivity index (χ3v) is 12.1. The number of morpholine rings is 2. The zero-order valence-electron chi connectivity index (χ0n) is 37.3. The number of benzene rings is 3. The first-order valence-corrected chi connectivity index (χ1v) is 23.1. The molecule has 0 aliphatic carbocycles. The van der Waals surface area contributed by atoms with Crippen LogP contribution in [0.4, 0.5) is 39.3 Å². The summed E-state index contributed by atoms with van der Waals surface area (Å²) in [6, 6.07) is 30.6. The summed E-state index contributed by atoms with van der Waals surface area (Å²) in [7, 11) is 0. The first kappa shape index (κ1) is 44.5. The van der Waals surface area contributed by atoms with Gasteiger partial charge in [-0.3, -0.25) is 4.98 Å². The first-order valence-electron chi connectivity index (χ1n) is 23.1. The standard InChI is InChI=1S/C26H30FN5O.C22H26N6O.C2H6/c27-22-8-4-9-23(18-22)31-13-5-10-24(20-31)32(19-21-6-2-1-3-7-21)26-28-12-11-25(29-26)30-14-16-33-17-15-30;1-2-19(25-22-24-8-6-21(26-22)27-10-12-29-13-11-27)16-28(9-1)20-4-3-18-15-23-7-5-17(18)14-20;1-2/h1-4,6-9,11-12,18,24H,5,10,13-17,19-20H2;3-8,14-15,19H,1-2,9-13,16H2,(H,24,25,26);1-2H3. The molecule has 6 aromatic rings. The number of anilines is 6. The summed E-state index contributed by atoms with van der Waals surface area (Å²) in [5.74, 6) is 3.18. The molecule has 13 nitrogen and oxygen atoms in total. The van der Waals surface area contributed by atoms with Crippen LogP contribution in [0.3, 0.4) is 0 Å². The number of fused-ring (bicyclic) bond motifs is 1. The highest BCUT2D eigenvalue weighted by Gasteiger charge is 2.29. The van der Waals surface area contributed by atoms with Gasteiger partial charge in [0.1, 0.15) is 17.5 Å². The van der Waals surface area contributed by atoms with E-state index < -0.39 is 0 Å². The predicted molar refractivity (Wildman–Crippen MR) is 256 cm³/mol. The summed E-state index contributed by atoms with van der Waals surface area (Å²) in [4.78, 5) is 34.7. The molecule has 7 heterocycles. The molecule has 4 aliphatic rings. The highest BCUT2D eigenvalue weighted by molar-refractivity contribution is 5.85. The Morgan fingerprint density at radius 3 is 2.08 bits per heavy atom. The number of rotatable bonds is 10. The molecule has 64 heavy (non-hydrogen) atoms. The van der Waals surface area contributed by atoms with Gasteiger partial charge in [-0.25, -0.2) is 14.4 Å². The molecule has 0 saturated carbocycles. The van der Waals surface area contributed by atoms with Crippen molar-refractivity contribution < 1.29 is 13.9 Å². The van der Waals surface area contributed by atoms with Crippen molar-refractivity contribution in [1.29, 1.82) is 0 Å². The highest BCUT2D eigenvalue weighted by Crippen LogP contribution is 2.29. The molecular weight excluding hydrogens is 806 g/mol. The van der Waals surface area contributed by atoms with Gasteiger partial charge in [0, 0.05) is 113 Å². The number of pyridine rings is 1. The number of piperidine rings is 2. The van der Waals surface area contributed by atoms with Crippen molar-refractivity contribution in [3.8, 4) is 0 Å². The zero-order valence-corrected chi connectivity index (χ0v) is 37.3. The van der Waals surface area contributed by atoms with Crippen LogP contribution in [-0.4, -0.2) is 116 Å². The lowest BCUT2D eigenvalue weighted by atomic mass is 10.0. The second-order valence-electron chi connectivity index (χ2n) is 16.3. The van der Waals surface area contributed by atoms with Crippen LogP contribution in [-0.2, 0) is 16.0 Å². The number of aromatic nitrogens is 5. The zero-order chi connectivity index (χ0) is 43.9. The van der Waals surface area contributed by atoms with Gasteiger partial charge < -0.3 is 39.3 Å². The normalized spacial score (nSPS) is 18.9. The molecular formula is C50H62FN11O2. The number of nitrogens with one attached hydrogen (secondary N) is 1. The van der Waals surface area contributed by atoms with E-state index in [0.717, 1.165) is 134 Å². The fourth-order valence-electron chi connectivity index (χ4n) is 8.87. The van der Waals surface area contributed by atoms with Crippen LogP contribution < -0.4 is 29.8 Å². The Morgan fingerprint density at radius 1 is 0.641 bits per heavy atom. The molecule has 0 bridgehead atoms. The van der Waals surface area contributed by atoms with Gasteiger partial charge in [-0.2, -0.15) is 9.97 Å². The minimum absolute atomic E-state index is 0.197.